The lowest BCUT2D eigenvalue weighted by Crippen LogP contribution is -2.24. The van der Waals surface area contributed by atoms with Crippen molar-refractivity contribution < 1.29 is 28.7 Å². The second kappa shape index (κ2) is 10.9. The Balaban J connectivity index is 1.58. The second-order valence-corrected chi connectivity index (χ2v) is 8.41. The summed E-state index contributed by atoms with van der Waals surface area (Å²) < 4.78 is 10.2. The van der Waals surface area contributed by atoms with Gasteiger partial charge in [-0.25, -0.2) is 9.59 Å². The summed E-state index contributed by atoms with van der Waals surface area (Å²) in [4.78, 5) is 51.4. The molecule has 0 unspecified atom stereocenters. The molecule has 0 spiro atoms. The number of nitrogens with zero attached hydrogens (tertiary/aromatic N) is 1. The molecule has 32 heavy (non-hydrogen) atoms. The summed E-state index contributed by atoms with van der Waals surface area (Å²) in [6.45, 7) is 4.54. The van der Waals surface area contributed by atoms with Crippen LogP contribution >= 0.6 is 11.3 Å². The van der Waals surface area contributed by atoms with Crippen LogP contribution < -0.4 is 5.32 Å². The van der Waals surface area contributed by atoms with Crippen LogP contribution in [0.5, 0.6) is 0 Å². The average molecular weight is 459 g/mol. The van der Waals surface area contributed by atoms with Gasteiger partial charge in [-0.1, -0.05) is 19.1 Å². The van der Waals surface area contributed by atoms with Gasteiger partial charge in [-0.15, -0.1) is 11.3 Å². The fourth-order valence-electron chi connectivity index (χ4n) is 3.33. The number of amides is 2. The van der Waals surface area contributed by atoms with E-state index >= 15 is 0 Å². The van der Waals surface area contributed by atoms with Crippen molar-refractivity contribution >= 4 is 40.1 Å². The quantitative estimate of drug-likeness (QED) is 0.578. The number of anilines is 1. The molecule has 2 amide bonds. The van der Waals surface area contributed by atoms with Crippen molar-refractivity contribution in [3.05, 3.63) is 51.9 Å². The van der Waals surface area contributed by atoms with Crippen molar-refractivity contribution in [3.8, 4) is 0 Å². The Labute approximate surface area is 190 Å². The second-order valence-electron chi connectivity index (χ2n) is 7.27. The van der Waals surface area contributed by atoms with E-state index in [0.717, 1.165) is 16.9 Å². The van der Waals surface area contributed by atoms with E-state index in [9.17, 15) is 19.2 Å². The number of carbonyl (C=O) groups excluding carboxylic acids is 4. The third kappa shape index (κ3) is 5.94. The summed E-state index contributed by atoms with van der Waals surface area (Å²) in [5.74, 6) is -1.59. The van der Waals surface area contributed by atoms with E-state index < -0.39 is 24.5 Å². The molecule has 2 aromatic rings. The number of rotatable bonds is 9. The first kappa shape index (κ1) is 23.5. The SMILES string of the molecule is CCOC(=O)c1cc(CC)sc1NC(=O)COC(=O)c1cccc(CN2CCCC2=O)c1. The van der Waals surface area contributed by atoms with Crippen LogP contribution in [0.3, 0.4) is 0 Å². The Morgan fingerprint density at radius 2 is 1.94 bits per heavy atom. The monoisotopic (exact) mass is 458 g/mol. The van der Waals surface area contributed by atoms with Crippen LogP contribution in [0.15, 0.2) is 30.3 Å². The predicted molar refractivity (Wildman–Crippen MR) is 120 cm³/mol. The molecule has 9 heteroatoms. The van der Waals surface area contributed by atoms with Crippen LogP contribution in [0.25, 0.3) is 0 Å². The lowest BCUT2D eigenvalue weighted by Gasteiger charge is -2.15. The molecule has 1 fully saturated rings. The molecule has 1 aliphatic rings. The number of likely N-dealkylation sites (tertiary alicyclic amines) is 1. The van der Waals surface area contributed by atoms with Crippen molar-refractivity contribution in [2.24, 2.45) is 0 Å². The standard InChI is InChI=1S/C23H26N2O6S/c1-3-17-12-18(23(29)30-4-2)21(32-17)24-19(26)14-31-22(28)16-8-5-7-15(11-16)13-25-10-6-9-20(25)27/h5,7-8,11-12H,3-4,6,9-10,13-14H2,1-2H3,(H,24,26). The first-order chi connectivity index (χ1) is 15.4. The third-order valence-electron chi connectivity index (χ3n) is 4.92. The zero-order chi connectivity index (χ0) is 23.1. The molecule has 0 bridgehead atoms. The number of hydrogen-bond acceptors (Lipinski definition) is 7. The molecule has 0 saturated carbocycles. The Kier molecular flexibility index (Phi) is 7.99. The lowest BCUT2D eigenvalue weighted by atomic mass is 10.1. The molecule has 3 rings (SSSR count). The van der Waals surface area contributed by atoms with Crippen LogP contribution in [-0.2, 0) is 32.0 Å². The minimum Gasteiger partial charge on any atom is -0.462 e. The number of carbonyl (C=O) groups is 4. The number of thiophene rings is 1. The van der Waals surface area contributed by atoms with Crippen LogP contribution in [-0.4, -0.2) is 48.4 Å². The fraction of sp³-hybridized carbons (Fsp3) is 0.391. The van der Waals surface area contributed by atoms with Crippen molar-refractivity contribution in [1.82, 2.24) is 4.90 Å². The minimum atomic E-state index is -0.638. The Morgan fingerprint density at radius 1 is 1.12 bits per heavy atom. The topological polar surface area (TPSA) is 102 Å². The van der Waals surface area contributed by atoms with Gasteiger partial charge in [0.15, 0.2) is 6.61 Å². The molecule has 2 heterocycles. The summed E-state index contributed by atoms with van der Waals surface area (Å²) in [5, 5.41) is 3.01. The number of benzene rings is 1. The molecule has 1 aromatic carbocycles. The van der Waals surface area contributed by atoms with Crippen molar-refractivity contribution in [2.45, 2.75) is 39.7 Å². The average Bonchev–Trinajstić information content (AvgIpc) is 3.38. The van der Waals surface area contributed by atoms with E-state index in [0.29, 0.717) is 36.5 Å². The third-order valence-corrected chi connectivity index (χ3v) is 6.12. The van der Waals surface area contributed by atoms with Crippen LogP contribution in [0.4, 0.5) is 5.00 Å². The van der Waals surface area contributed by atoms with Gasteiger partial charge in [-0.2, -0.15) is 0 Å². The van der Waals surface area contributed by atoms with Crippen LogP contribution in [0.1, 0.15) is 57.8 Å². The van der Waals surface area contributed by atoms with Gasteiger partial charge in [0.05, 0.1) is 17.7 Å². The number of nitrogens with one attached hydrogen (secondary N) is 1. The van der Waals surface area contributed by atoms with Crippen molar-refractivity contribution in [3.63, 3.8) is 0 Å². The van der Waals surface area contributed by atoms with E-state index in [1.54, 1.807) is 36.1 Å². The summed E-state index contributed by atoms with van der Waals surface area (Å²) in [7, 11) is 0. The lowest BCUT2D eigenvalue weighted by molar-refractivity contribution is -0.128. The van der Waals surface area contributed by atoms with Crippen molar-refractivity contribution in [2.75, 3.05) is 25.1 Å². The maximum absolute atomic E-state index is 12.4. The van der Waals surface area contributed by atoms with E-state index in [1.807, 2.05) is 13.0 Å². The largest absolute Gasteiger partial charge is 0.462 e. The Morgan fingerprint density at radius 3 is 2.62 bits per heavy atom. The van der Waals surface area contributed by atoms with Gasteiger partial charge in [-0.3, -0.25) is 9.59 Å². The zero-order valence-electron chi connectivity index (χ0n) is 18.1. The van der Waals surface area contributed by atoms with Crippen LogP contribution in [0, 0.1) is 0 Å². The molecule has 1 aliphatic heterocycles. The minimum absolute atomic E-state index is 0.108. The van der Waals surface area contributed by atoms with E-state index in [4.69, 9.17) is 9.47 Å². The van der Waals surface area contributed by atoms with E-state index in [1.165, 1.54) is 11.3 Å². The highest BCUT2D eigenvalue weighted by atomic mass is 32.1. The first-order valence-corrected chi connectivity index (χ1v) is 11.4. The first-order valence-electron chi connectivity index (χ1n) is 10.5. The molecule has 1 aromatic heterocycles. The molecule has 8 nitrogen and oxygen atoms in total. The number of esters is 2. The van der Waals surface area contributed by atoms with Gasteiger partial charge in [0.25, 0.3) is 5.91 Å². The number of ether oxygens (including phenoxy) is 2. The zero-order valence-corrected chi connectivity index (χ0v) is 19.0. The van der Waals surface area contributed by atoms with E-state index in [-0.39, 0.29) is 18.1 Å². The highest BCUT2D eigenvalue weighted by Crippen LogP contribution is 2.29. The summed E-state index contributed by atoms with van der Waals surface area (Å²) >= 11 is 1.28. The molecular formula is C23H26N2O6S. The highest BCUT2D eigenvalue weighted by Gasteiger charge is 2.21. The molecule has 0 aliphatic carbocycles. The van der Waals surface area contributed by atoms with Gasteiger partial charge in [0, 0.05) is 24.4 Å². The Bertz CT molecular complexity index is 1020. The molecule has 0 radical (unpaired) electrons. The van der Waals surface area contributed by atoms with Gasteiger partial charge in [0.2, 0.25) is 5.91 Å². The molecule has 1 saturated heterocycles. The smallest absolute Gasteiger partial charge is 0.341 e. The molecular weight excluding hydrogens is 432 g/mol. The molecule has 1 N–H and O–H groups in total. The maximum atomic E-state index is 12.4. The van der Waals surface area contributed by atoms with Gasteiger partial charge >= 0.3 is 11.9 Å². The normalized spacial score (nSPS) is 13.2. The highest BCUT2D eigenvalue weighted by molar-refractivity contribution is 7.16. The summed E-state index contributed by atoms with van der Waals surface area (Å²) in [6.07, 6.45) is 2.11. The maximum Gasteiger partial charge on any atom is 0.341 e. The molecule has 0 atom stereocenters. The number of hydrogen-bond donors (Lipinski definition) is 1. The number of aryl methyl sites for hydroxylation is 1. The van der Waals surface area contributed by atoms with Gasteiger partial charge in [-0.05, 0) is 43.5 Å². The van der Waals surface area contributed by atoms with E-state index in [2.05, 4.69) is 5.32 Å². The van der Waals surface area contributed by atoms with Crippen molar-refractivity contribution in [1.29, 1.82) is 0 Å². The van der Waals surface area contributed by atoms with Gasteiger partial charge in [0.1, 0.15) is 5.00 Å². The molecule has 170 valence electrons. The fourth-order valence-corrected chi connectivity index (χ4v) is 4.34. The Hall–Kier alpha value is -3.20. The summed E-state index contributed by atoms with van der Waals surface area (Å²) in [6, 6.07) is 8.52. The van der Waals surface area contributed by atoms with Crippen LogP contribution in [0.2, 0.25) is 0 Å². The summed E-state index contributed by atoms with van der Waals surface area (Å²) in [5.41, 5.74) is 1.42. The predicted octanol–water partition coefficient (Wildman–Crippen LogP) is 3.41. The van der Waals surface area contributed by atoms with Gasteiger partial charge < -0.3 is 19.7 Å².